The van der Waals surface area contributed by atoms with Gasteiger partial charge in [-0.1, -0.05) is 33.1 Å². The van der Waals surface area contributed by atoms with E-state index in [0.717, 1.165) is 19.0 Å². The Bertz CT molecular complexity index is 283. The highest BCUT2D eigenvalue weighted by molar-refractivity contribution is 5.82. The minimum Gasteiger partial charge on any atom is -0.303 e. The van der Waals surface area contributed by atoms with Crippen LogP contribution in [0.25, 0.3) is 0 Å². The molecule has 0 radical (unpaired) electrons. The summed E-state index contributed by atoms with van der Waals surface area (Å²) in [5, 5.41) is 0. The molecule has 0 aromatic carbocycles. The van der Waals surface area contributed by atoms with Gasteiger partial charge in [-0.05, 0) is 38.1 Å². The monoisotopic (exact) mass is 251 g/mol. The lowest BCUT2D eigenvalue weighted by atomic mass is 9.74. The quantitative estimate of drug-likeness (QED) is 0.765. The van der Waals surface area contributed by atoms with Crippen LogP contribution in [0.3, 0.4) is 0 Å². The van der Waals surface area contributed by atoms with Gasteiger partial charge < -0.3 is 4.90 Å². The Morgan fingerprint density at radius 3 is 2.44 bits per heavy atom. The molecular formula is C16H29NO. The molecule has 0 amide bonds. The van der Waals surface area contributed by atoms with Gasteiger partial charge in [0, 0.05) is 24.9 Å². The van der Waals surface area contributed by atoms with Crippen molar-refractivity contribution in [2.45, 2.75) is 64.8 Å². The number of carbonyl (C=O) groups is 1. The van der Waals surface area contributed by atoms with Gasteiger partial charge >= 0.3 is 0 Å². The number of Topliss-reactive ketones (excluding diaryl/α,β-unsaturated/α-hetero) is 1. The number of nitrogens with zero attached hydrogens (tertiary/aromatic N) is 1. The highest BCUT2D eigenvalue weighted by Crippen LogP contribution is 2.32. The van der Waals surface area contributed by atoms with E-state index in [-0.39, 0.29) is 0 Å². The molecule has 2 fully saturated rings. The minimum absolute atomic E-state index is 0.299. The molecule has 0 aliphatic heterocycles. The predicted molar refractivity (Wildman–Crippen MR) is 75.6 cm³/mol. The van der Waals surface area contributed by atoms with E-state index < -0.39 is 0 Å². The summed E-state index contributed by atoms with van der Waals surface area (Å²) in [7, 11) is 2.23. The minimum atomic E-state index is 0.299. The first-order chi connectivity index (χ1) is 8.58. The van der Waals surface area contributed by atoms with E-state index >= 15 is 0 Å². The topological polar surface area (TPSA) is 20.3 Å². The molecule has 0 spiro atoms. The van der Waals surface area contributed by atoms with Crippen molar-refractivity contribution in [2.24, 2.45) is 17.8 Å². The van der Waals surface area contributed by atoms with Crippen LogP contribution in [0.5, 0.6) is 0 Å². The van der Waals surface area contributed by atoms with Gasteiger partial charge in [0.1, 0.15) is 5.78 Å². The van der Waals surface area contributed by atoms with E-state index in [9.17, 15) is 4.79 Å². The molecule has 104 valence electrons. The van der Waals surface area contributed by atoms with Crippen molar-refractivity contribution in [3.8, 4) is 0 Å². The smallest absolute Gasteiger partial charge is 0.137 e. The molecule has 0 bridgehead atoms. The van der Waals surface area contributed by atoms with E-state index in [1.165, 1.54) is 38.5 Å². The van der Waals surface area contributed by atoms with E-state index in [4.69, 9.17) is 0 Å². The van der Waals surface area contributed by atoms with E-state index in [2.05, 4.69) is 25.8 Å². The average molecular weight is 251 g/mol. The van der Waals surface area contributed by atoms with Crippen molar-refractivity contribution >= 4 is 5.78 Å². The molecule has 3 unspecified atom stereocenters. The summed E-state index contributed by atoms with van der Waals surface area (Å²) in [5.41, 5.74) is 0. The molecule has 2 nitrogen and oxygen atoms in total. The third-order valence-corrected chi connectivity index (χ3v) is 5.11. The molecule has 0 aromatic rings. The zero-order valence-corrected chi connectivity index (χ0v) is 12.3. The van der Waals surface area contributed by atoms with Crippen molar-refractivity contribution in [3.63, 3.8) is 0 Å². The standard InChI is InChI=1S/C16H29NO/c1-12-9-13(2)15(16(18)10-12)11-17(3)14-7-5-4-6-8-14/h12-15H,4-11H2,1-3H3. The number of hydrogen-bond acceptors (Lipinski definition) is 2. The van der Waals surface area contributed by atoms with Crippen LogP contribution in [-0.2, 0) is 4.79 Å². The van der Waals surface area contributed by atoms with Crippen molar-refractivity contribution in [3.05, 3.63) is 0 Å². The molecule has 3 atom stereocenters. The number of ketones is 1. The molecule has 2 heteroatoms. The van der Waals surface area contributed by atoms with Crippen molar-refractivity contribution in [1.82, 2.24) is 4.90 Å². The summed E-state index contributed by atoms with van der Waals surface area (Å²) in [6.45, 7) is 5.49. The first kappa shape index (κ1) is 14.0. The zero-order valence-electron chi connectivity index (χ0n) is 12.3. The first-order valence-electron chi connectivity index (χ1n) is 7.81. The Balaban J connectivity index is 1.89. The third-order valence-electron chi connectivity index (χ3n) is 5.11. The molecule has 18 heavy (non-hydrogen) atoms. The van der Waals surface area contributed by atoms with Gasteiger partial charge in [0.05, 0.1) is 0 Å². The van der Waals surface area contributed by atoms with Crippen LogP contribution >= 0.6 is 0 Å². The molecule has 0 heterocycles. The fourth-order valence-corrected chi connectivity index (χ4v) is 3.96. The maximum Gasteiger partial charge on any atom is 0.137 e. The van der Waals surface area contributed by atoms with Crippen LogP contribution in [0.15, 0.2) is 0 Å². The second-order valence-electron chi connectivity index (χ2n) is 6.83. The highest BCUT2D eigenvalue weighted by atomic mass is 16.1. The number of rotatable bonds is 3. The molecule has 2 saturated carbocycles. The molecular weight excluding hydrogens is 222 g/mol. The maximum absolute atomic E-state index is 12.2. The largest absolute Gasteiger partial charge is 0.303 e. The zero-order chi connectivity index (χ0) is 13.1. The first-order valence-corrected chi connectivity index (χ1v) is 7.81. The van der Waals surface area contributed by atoms with Crippen LogP contribution < -0.4 is 0 Å². The van der Waals surface area contributed by atoms with E-state index in [1.807, 2.05) is 0 Å². The van der Waals surface area contributed by atoms with Gasteiger partial charge in [-0.15, -0.1) is 0 Å². The molecule has 0 aromatic heterocycles. The van der Waals surface area contributed by atoms with Crippen LogP contribution in [-0.4, -0.2) is 30.3 Å². The lowest BCUT2D eigenvalue weighted by Gasteiger charge is -2.38. The van der Waals surface area contributed by atoms with E-state index in [1.54, 1.807) is 0 Å². The van der Waals surface area contributed by atoms with Crippen molar-refractivity contribution in [1.29, 1.82) is 0 Å². The predicted octanol–water partition coefficient (Wildman–Crippen LogP) is 3.50. The van der Waals surface area contributed by atoms with Gasteiger partial charge in [-0.2, -0.15) is 0 Å². The third kappa shape index (κ3) is 3.34. The lowest BCUT2D eigenvalue weighted by molar-refractivity contribution is -0.128. The number of hydrogen-bond donors (Lipinski definition) is 0. The molecule has 2 aliphatic rings. The van der Waals surface area contributed by atoms with Crippen LogP contribution in [0.2, 0.25) is 0 Å². The van der Waals surface area contributed by atoms with Crippen LogP contribution in [0, 0.1) is 17.8 Å². The lowest BCUT2D eigenvalue weighted by Crippen LogP contribution is -2.43. The Morgan fingerprint density at radius 1 is 1.17 bits per heavy atom. The molecule has 0 N–H and O–H groups in total. The highest BCUT2D eigenvalue weighted by Gasteiger charge is 2.34. The van der Waals surface area contributed by atoms with Crippen LogP contribution in [0.4, 0.5) is 0 Å². The van der Waals surface area contributed by atoms with Gasteiger partial charge in [0.2, 0.25) is 0 Å². The Hall–Kier alpha value is -0.370. The SMILES string of the molecule is CC1CC(=O)C(CN(C)C2CCCCC2)C(C)C1. The summed E-state index contributed by atoms with van der Waals surface area (Å²) < 4.78 is 0. The Morgan fingerprint density at radius 2 is 1.83 bits per heavy atom. The van der Waals surface area contributed by atoms with Crippen molar-refractivity contribution < 1.29 is 4.79 Å². The van der Waals surface area contributed by atoms with Gasteiger partial charge in [-0.25, -0.2) is 0 Å². The second kappa shape index (κ2) is 6.18. The summed E-state index contributed by atoms with van der Waals surface area (Å²) >= 11 is 0. The Labute approximate surface area is 112 Å². The maximum atomic E-state index is 12.2. The van der Waals surface area contributed by atoms with Gasteiger partial charge in [0.25, 0.3) is 0 Å². The Kier molecular flexibility index (Phi) is 4.83. The van der Waals surface area contributed by atoms with Gasteiger partial charge in [0.15, 0.2) is 0 Å². The fraction of sp³-hybridized carbons (Fsp3) is 0.938. The van der Waals surface area contributed by atoms with Crippen LogP contribution in [0.1, 0.15) is 58.8 Å². The summed E-state index contributed by atoms with van der Waals surface area (Å²) in [6, 6.07) is 0.734. The summed E-state index contributed by atoms with van der Waals surface area (Å²) in [4.78, 5) is 14.7. The van der Waals surface area contributed by atoms with Gasteiger partial charge in [-0.3, -0.25) is 4.79 Å². The number of carbonyl (C=O) groups excluding carboxylic acids is 1. The molecule has 2 aliphatic carbocycles. The molecule has 0 saturated heterocycles. The van der Waals surface area contributed by atoms with Crippen molar-refractivity contribution in [2.75, 3.05) is 13.6 Å². The summed E-state index contributed by atoms with van der Waals surface area (Å²) in [6.07, 6.45) is 8.87. The second-order valence-corrected chi connectivity index (χ2v) is 6.83. The normalized spacial score (nSPS) is 35.1. The average Bonchev–Trinajstić information content (AvgIpc) is 2.34. The molecule has 2 rings (SSSR count). The fourth-order valence-electron chi connectivity index (χ4n) is 3.96. The summed E-state index contributed by atoms with van der Waals surface area (Å²) in [5.74, 6) is 1.99. The van der Waals surface area contributed by atoms with E-state index in [0.29, 0.717) is 23.5 Å².